The van der Waals surface area contributed by atoms with Gasteiger partial charge in [0, 0.05) is 43.2 Å². The molecule has 1 fully saturated rings. The zero-order chi connectivity index (χ0) is 22.9. The first-order valence-electron chi connectivity index (χ1n) is 11.1. The van der Waals surface area contributed by atoms with Crippen LogP contribution in [0.5, 0.6) is 5.75 Å². The van der Waals surface area contributed by atoms with Crippen molar-refractivity contribution in [2.75, 3.05) is 26.2 Å². The SMILES string of the molecule is Cc1cc(OCC(O)CNCCNC(=O)C[C@@H]2CCCC[C@H]2O[N+](=O)[O-])c2cc[nH]c2c1. The molecule has 0 bridgehead atoms. The van der Waals surface area contributed by atoms with Gasteiger partial charge in [-0.3, -0.25) is 4.79 Å². The Balaban J connectivity index is 1.30. The van der Waals surface area contributed by atoms with Crippen LogP contribution in [0.1, 0.15) is 37.7 Å². The van der Waals surface area contributed by atoms with Crippen molar-refractivity contribution in [3.05, 3.63) is 40.1 Å². The van der Waals surface area contributed by atoms with E-state index in [1.165, 1.54) is 0 Å². The highest BCUT2D eigenvalue weighted by Crippen LogP contribution is 2.29. The number of hydrogen-bond donors (Lipinski definition) is 4. The summed E-state index contributed by atoms with van der Waals surface area (Å²) in [6, 6.07) is 5.92. The van der Waals surface area contributed by atoms with Crippen LogP contribution in [-0.2, 0) is 9.63 Å². The Morgan fingerprint density at radius 1 is 1.34 bits per heavy atom. The first-order chi connectivity index (χ1) is 15.4. The molecule has 1 amide bonds. The third-order valence-electron chi connectivity index (χ3n) is 5.72. The highest BCUT2D eigenvalue weighted by molar-refractivity contribution is 5.86. The van der Waals surface area contributed by atoms with E-state index in [9.17, 15) is 20.0 Å². The largest absolute Gasteiger partial charge is 0.490 e. The highest BCUT2D eigenvalue weighted by Gasteiger charge is 2.29. The molecule has 3 atom stereocenters. The number of aliphatic hydroxyl groups is 1. The molecule has 0 spiro atoms. The minimum atomic E-state index is -0.764. The average Bonchev–Trinajstić information content (AvgIpc) is 3.21. The molecule has 3 rings (SSSR count). The first-order valence-corrected chi connectivity index (χ1v) is 11.1. The number of ether oxygens (including phenoxy) is 1. The normalized spacial score (nSPS) is 19.4. The zero-order valence-corrected chi connectivity index (χ0v) is 18.3. The molecule has 1 aromatic heterocycles. The topological polar surface area (TPSA) is 139 Å². The Morgan fingerprint density at radius 3 is 2.97 bits per heavy atom. The number of benzene rings is 1. The number of hydrogen-bond acceptors (Lipinski definition) is 7. The smallest absolute Gasteiger partial charge is 0.294 e. The van der Waals surface area contributed by atoms with Gasteiger partial charge in [0.25, 0.3) is 5.09 Å². The standard InChI is InChI=1S/C22H32N4O6/c1-15-10-19-18(6-7-24-19)21(11-15)31-14-17(27)13-23-8-9-25-22(28)12-16-4-2-3-5-20(16)32-26(29)30/h6-7,10-11,16-17,20,23-24,27H,2-5,8-9,12-14H2,1H3,(H,25,28)/t16-,17?,20+/m0/s1. The first kappa shape index (κ1) is 23.8. The number of H-pyrrole nitrogens is 1. The van der Waals surface area contributed by atoms with Gasteiger partial charge in [0.05, 0.1) is 0 Å². The second kappa shape index (κ2) is 11.7. The summed E-state index contributed by atoms with van der Waals surface area (Å²) in [7, 11) is 0. The summed E-state index contributed by atoms with van der Waals surface area (Å²) in [6.45, 7) is 3.38. The van der Waals surface area contributed by atoms with Gasteiger partial charge in [-0.05, 0) is 49.4 Å². The van der Waals surface area contributed by atoms with Gasteiger partial charge in [0.1, 0.15) is 24.6 Å². The average molecular weight is 449 g/mol. The van der Waals surface area contributed by atoms with Gasteiger partial charge < -0.3 is 30.3 Å². The number of rotatable bonds is 12. The number of amides is 1. The number of carbonyl (C=O) groups is 1. The second-order valence-corrected chi connectivity index (χ2v) is 8.34. The lowest BCUT2D eigenvalue weighted by Gasteiger charge is -2.29. The summed E-state index contributed by atoms with van der Waals surface area (Å²) in [6.07, 6.45) is 4.08. The van der Waals surface area contributed by atoms with Crippen LogP contribution < -0.4 is 15.4 Å². The van der Waals surface area contributed by atoms with Crippen molar-refractivity contribution in [2.24, 2.45) is 5.92 Å². The Bertz CT molecular complexity index is 902. The van der Waals surface area contributed by atoms with E-state index in [0.717, 1.165) is 41.5 Å². The van der Waals surface area contributed by atoms with Crippen LogP contribution in [0.25, 0.3) is 10.9 Å². The highest BCUT2D eigenvalue weighted by atomic mass is 17.0. The minimum absolute atomic E-state index is 0.130. The summed E-state index contributed by atoms with van der Waals surface area (Å²) in [5, 5.41) is 26.9. The van der Waals surface area contributed by atoms with Crippen molar-refractivity contribution in [1.29, 1.82) is 0 Å². The molecular formula is C22H32N4O6. The maximum Gasteiger partial charge on any atom is 0.294 e. The van der Waals surface area contributed by atoms with Crippen molar-refractivity contribution < 1.29 is 24.6 Å². The van der Waals surface area contributed by atoms with Crippen molar-refractivity contribution >= 4 is 16.8 Å². The number of aromatic amines is 1. The monoisotopic (exact) mass is 448 g/mol. The Hall–Kier alpha value is -2.85. The lowest BCUT2D eigenvalue weighted by Crippen LogP contribution is -2.39. The molecule has 32 heavy (non-hydrogen) atoms. The lowest BCUT2D eigenvalue weighted by atomic mass is 9.84. The predicted octanol–water partition coefficient (Wildman–Crippen LogP) is 2.08. The summed E-state index contributed by atoms with van der Waals surface area (Å²) >= 11 is 0. The van der Waals surface area contributed by atoms with E-state index < -0.39 is 17.3 Å². The molecular weight excluding hydrogens is 416 g/mol. The Kier molecular flexibility index (Phi) is 8.69. The fourth-order valence-electron chi connectivity index (χ4n) is 4.16. The summed E-state index contributed by atoms with van der Waals surface area (Å²) < 4.78 is 5.80. The number of carbonyl (C=O) groups excluding carboxylic acids is 1. The number of nitrogens with one attached hydrogen (secondary N) is 3. The molecule has 10 nitrogen and oxygen atoms in total. The quantitative estimate of drug-likeness (QED) is 0.221. The van der Waals surface area contributed by atoms with Crippen LogP contribution in [-0.4, -0.2) is 59.5 Å². The van der Waals surface area contributed by atoms with Gasteiger partial charge in [-0.15, -0.1) is 10.1 Å². The molecule has 1 heterocycles. The van der Waals surface area contributed by atoms with Crippen molar-refractivity contribution in [2.45, 2.75) is 51.2 Å². The number of aliphatic hydroxyl groups excluding tert-OH is 1. The fraction of sp³-hybridized carbons (Fsp3) is 0.591. The van der Waals surface area contributed by atoms with Gasteiger partial charge in [-0.1, -0.05) is 12.8 Å². The van der Waals surface area contributed by atoms with Gasteiger partial charge >= 0.3 is 0 Å². The summed E-state index contributed by atoms with van der Waals surface area (Å²) in [5.74, 6) is 0.457. The Labute approximate surface area is 186 Å². The van der Waals surface area contributed by atoms with Crippen LogP contribution >= 0.6 is 0 Å². The molecule has 1 unspecified atom stereocenters. The van der Waals surface area contributed by atoms with E-state index in [0.29, 0.717) is 26.1 Å². The van der Waals surface area contributed by atoms with E-state index in [1.807, 2.05) is 31.3 Å². The van der Waals surface area contributed by atoms with E-state index in [2.05, 4.69) is 15.6 Å². The van der Waals surface area contributed by atoms with Gasteiger partial charge in [0.15, 0.2) is 0 Å². The van der Waals surface area contributed by atoms with Crippen LogP contribution in [0.15, 0.2) is 24.4 Å². The molecule has 0 radical (unpaired) electrons. The predicted molar refractivity (Wildman–Crippen MR) is 119 cm³/mol. The maximum atomic E-state index is 12.2. The molecule has 2 aromatic rings. The molecule has 1 aliphatic rings. The van der Waals surface area contributed by atoms with Crippen molar-refractivity contribution in [1.82, 2.24) is 15.6 Å². The van der Waals surface area contributed by atoms with Crippen LogP contribution in [0.3, 0.4) is 0 Å². The maximum absolute atomic E-state index is 12.2. The van der Waals surface area contributed by atoms with E-state index in [-0.39, 0.29) is 24.9 Å². The molecule has 176 valence electrons. The third kappa shape index (κ3) is 7.10. The number of aromatic nitrogens is 1. The summed E-state index contributed by atoms with van der Waals surface area (Å²) in [4.78, 5) is 30.7. The van der Waals surface area contributed by atoms with Crippen LogP contribution in [0.2, 0.25) is 0 Å². The van der Waals surface area contributed by atoms with E-state index >= 15 is 0 Å². The van der Waals surface area contributed by atoms with Crippen molar-refractivity contribution in [3.63, 3.8) is 0 Å². The third-order valence-corrected chi connectivity index (χ3v) is 5.72. The van der Waals surface area contributed by atoms with E-state index in [4.69, 9.17) is 9.57 Å². The van der Waals surface area contributed by atoms with E-state index in [1.54, 1.807) is 0 Å². The Morgan fingerprint density at radius 2 is 2.16 bits per heavy atom. The molecule has 1 saturated carbocycles. The van der Waals surface area contributed by atoms with Crippen LogP contribution in [0, 0.1) is 23.0 Å². The number of aryl methyl sites for hydroxylation is 1. The summed E-state index contributed by atoms with van der Waals surface area (Å²) in [5.41, 5.74) is 2.07. The zero-order valence-electron chi connectivity index (χ0n) is 18.3. The molecule has 1 aliphatic carbocycles. The second-order valence-electron chi connectivity index (χ2n) is 8.34. The fourth-order valence-corrected chi connectivity index (χ4v) is 4.16. The molecule has 4 N–H and O–H groups in total. The molecule has 1 aromatic carbocycles. The molecule has 10 heteroatoms. The number of fused-ring (bicyclic) bond motifs is 1. The molecule has 0 aliphatic heterocycles. The van der Waals surface area contributed by atoms with Gasteiger partial charge in [-0.25, -0.2) is 0 Å². The number of nitrogens with zero attached hydrogens (tertiary/aromatic N) is 1. The lowest BCUT2D eigenvalue weighted by molar-refractivity contribution is -0.771. The minimum Gasteiger partial charge on any atom is -0.490 e. The molecule has 0 saturated heterocycles. The van der Waals surface area contributed by atoms with Crippen molar-refractivity contribution in [3.8, 4) is 5.75 Å². The van der Waals surface area contributed by atoms with Gasteiger partial charge in [-0.2, -0.15) is 0 Å². The van der Waals surface area contributed by atoms with Crippen LogP contribution in [0.4, 0.5) is 0 Å². The van der Waals surface area contributed by atoms with Gasteiger partial charge in [0.2, 0.25) is 5.91 Å².